The molecule has 0 unspecified atom stereocenters. The van der Waals surface area contributed by atoms with Crippen LogP contribution in [-0.2, 0) is 4.74 Å². The van der Waals surface area contributed by atoms with Gasteiger partial charge in [-0.1, -0.05) is 0 Å². The zero-order valence-corrected chi connectivity index (χ0v) is 11.8. The molecule has 5 heteroatoms. The largest absolute Gasteiger partial charge is 0.376 e. The third-order valence-electron chi connectivity index (χ3n) is 3.06. The van der Waals surface area contributed by atoms with Crippen molar-refractivity contribution in [1.29, 1.82) is 0 Å². The molecule has 0 saturated carbocycles. The molecule has 1 aliphatic heterocycles. The van der Waals surface area contributed by atoms with Crippen molar-refractivity contribution < 1.29 is 9.53 Å². The molecule has 2 rings (SSSR count). The molecular formula is C14H18N2O2S. The maximum Gasteiger partial charge on any atom is 0.170 e. The van der Waals surface area contributed by atoms with Crippen LogP contribution in [-0.4, -0.2) is 30.2 Å². The standard InChI is InChI=1S/C14H18N2O2S/c1-10(17)11-4-6-12(7-5-11)16-14(19)15-9-13-3-2-8-18-13/h4-7,13H,2-3,8-9H2,1H3,(H2,15,16,19)/t13-/m1/s1. The Bertz CT molecular complexity index is 453. The summed E-state index contributed by atoms with van der Waals surface area (Å²) in [5.74, 6) is 0.0608. The molecule has 0 spiro atoms. The molecular weight excluding hydrogens is 260 g/mol. The van der Waals surface area contributed by atoms with Gasteiger partial charge >= 0.3 is 0 Å². The van der Waals surface area contributed by atoms with Gasteiger partial charge in [-0.2, -0.15) is 0 Å². The lowest BCUT2D eigenvalue weighted by molar-refractivity contribution is 0.101. The van der Waals surface area contributed by atoms with Gasteiger partial charge in [-0.3, -0.25) is 4.79 Å². The lowest BCUT2D eigenvalue weighted by Gasteiger charge is -2.14. The average molecular weight is 278 g/mol. The minimum absolute atomic E-state index is 0.0608. The molecule has 0 aliphatic carbocycles. The maximum atomic E-state index is 11.2. The van der Waals surface area contributed by atoms with E-state index in [4.69, 9.17) is 17.0 Å². The van der Waals surface area contributed by atoms with Crippen LogP contribution in [0.15, 0.2) is 24.3 Å². The number of ether oxygens (including phenoxy) is 1. The molecule has 19 heavy (non-hydrogen) atoms. The van der Waals surface area contributed by atoms with Crippen molar-refractivity contribution >= 4 is 28.8 Å². The average Bonchev–Trinajstić information content (AvgIpc) is 2.90. The van der Waals surface area contributed by atoms with Crippen LogP contribution in [0.3, 0.4) is 0 Å². The van der Waals surface area contributed by atoms with E-state index in [1.807, 2.05) is 12.1 Å². The van der Waals surface area contributed by atoms with E-state index < -0.39 is 0 Å². The molecule has 4 nitrogen and oxygen atoms in total. The second kappa shape index (κ2) is 6.63. The van der Waals surface area contributed by atoms with Gasteiger partial charge < -0.3 is 15.4 Å². The predicted molar refractivity (Wildman–Crippen MR) is 79.6 cm³/mol. The summed E-state index contributed by atoms with van der Waals surface area (Å²) in [6.07, 6.45) is 2.47. The second-order valence-electron chi connectivity index (χ2n) is 4.60. The van der Waals surface area contributed by atoms with E-state index >= 15 is 0 Å². The van der Waals surface area contributed by atoms with E-state index in [1.54, 1.807) is 19.1 Å². The van der Waals surface area contributed by atoms with Crippen molar-refractivity contribution in [3.05, 3.63) is 29.8 Å². The van der Waals surface area contributed by atoms with E-state index in [9.17, 15) is 4.79 Å². The number of hydrogen-bond acceptors (Lipinski definition) is 3. The number of hydrogen-bond donors (Lipinski definition) is 2. The van der Waals surface area contributed by atoms with Crippen LogP contribution in [0.4, 0.5) is 5.69 Å². The smallest absolute Gasteiger partial charge is 0.170 e. The fourth-order valence-electron chi connectivity index (χ4n) is 1.98. The van der Waals surface area contributed by atoms with Gasteiger partial charge in [-0.25, -0.2) is 0 Å². The summed E-state index contributed by atoms with van der Waals surface area (Å²) in [6, 6.07) is 7.26. The van der Waals surface area contributed by atoms with Crippen molar-refractivity contribution in [2.45, 2.75) is 25.9 Å². The van der Waals surface area contributed by atoms with E-state index in [2.05, 4.69) is 10.6 Å². The predicted octanol–water partition coefficient (Wildman–Crippen LogP) is 2.35. The Balaban J connectivity index is 1.79. The molecule has 102 valence electrons. The van der Waals surface area contributed by atoms with Crippen LogP contribution >= 0.6 is 12.2 Å². The first kappa shape index (κ1) is 14.0. The van der Waals surface area contributed by atoms with Crippen LogP contribution < -0.4 is 10.6 Å². The third-order valence-corrected chi connectivity index (χ3v) is 3.31. The molecule has 1 heterocycles. The summed E-state index contributed by atoms with van der Waals surface area (Å²) in [4.78, 5) is 11.2. The van der Waals surface area contributed by atoms with Crippen LogP contribution in [0.1, 0.15) is 30.1 Å². The molecule has 1 atom stereocenters. The van der Waals surface area contributed by atoms with Gasteiger partial charge in [0, 0.05) is 24.4 Å². The van der Waals surface area contributed by atoms with Gasteiger partial charge in [0.2, 0.25) is 0 Å². The molecule has 1 fully saturated rings. The van der Waals surface area contributed by atoms with Gasteiger partial charge in [0.25, 0.3) is 0 Å². The van der Waals surface area contributed by atoms with Crippen LogP contribution in [0.2, 0.25) is 0 Å². The van der Waals surface area contributed by atoms with Crippen molar-refractivity contribution in [3.8, 4) is 0 Å². The summed E-state index contributed by atoms with van der Waals surface area (Å²) in [7, 11) is 0. The number of carbonyl (C=O) groups is 1. The monoisotopic (exact) mass is 278 g/mol. The van der Waals surface area contributed by atoms with Gasteiger partial charge in [-0.05, 0) is 56.2 Å². The number of nitrogens with one attached hydrogen (secondary N) is 2. The zero-order chi connectivity index (χ0) is 13.7. The molecule has 0 amide bonds. The van der Waals surface area contributed by atoms with Gasteiger partial charge in [-0.15, -0.1) is 0 Å². The lowest BCUT2D eigenvalue weighted by Crippen LogP contribution is -2.34. The zero-order valence-electron chi connectivity index (χ0n) is 10.9. The van der Waals surface area contributed by atoms with Gasteiger partial charge in [0.05, 0.1) is 6.10 Å². The molecule has 0 radical (unpaired) electrons. The van der Waals surface area contributed by atoms with Crippen molar-refractivity contribution in [2.75, 3.05) is 18.5 Å². The van der Waals surface area contributed by atoms with Gasteiger partial charge in [0.15, 0.2) is 10.9 Å². The molecule has 1 aliphatic rings. The Kier molecular flexibility index (Phi) is 4.87. The van der Waals surface area contributed by atoms with Crippen LogP contribution in [0.25, 0.3) is 0 Å². The van der Waals surface area contributed by atoms with E-state index in [0.29, 0.717) is 10.7 Å². The highest BCUT2D eigenvalue weighted by atomic mass is 32.1. The number of anilines is 1. The lowest BCUT2D eigenvalue weighted by atomic mass is 10.1. The highest BCUT2D eigenvalue weighted by molar-refractivity contribution is 7.80. The fraction of sp³-hybridized carbons (Fsp3) is 0.429. The minimum Gasteiger partial charge on any atom is -0.376 e. The van der Waals surface area contributed by atoms with Crippen molar-refractivity contribution in [2.24, 2.45) is 0 Å². The first-order chi connectivity index (χ1) is 9.15. The number of Topliss-reactive ketones (excluding diaryl/α,β-unsaturated/α-hetero) is 1. The van der Waals surface area contributed by atoms with Gasteiger partial charge in [0.1, 0.15) is 0 Å². The first-order valence-electron chi connectivity index (χ1n) is 6.42. The second-order valence-corrected chi connectivity index (χ2v) is 5.01. The summed E-state index contributed by atoms with van der Waals surface area (Å²) in [5.41, 5.74) is 1.57. The Morgan fingerprint density at radius 2 is 2.16 bits per heavy atom. The number of carbonyl (C=O) groups excluding carboxylic acids is 1. The van der Waals surface area contributed by atoms with Crippen LogP contribution in [0.5, 0.6) is 0 Å². The SMILES string of the molecule is CC(=O)c1ccc(NC(=S)NC[C@H]2CCCO2)cc1. The van der Waals surface area contributed by atoms with E-state index in [0.717, 1.165) is 31.7 Å². The topological polar surface area (TPSA) is 50.4 Å². The van der Waals surface area contributed by atoms with E-state index in [-0.39, 0.29) is 11.9 Å². The Hall–Kier alpha value is -1.46. The normalized spacial score (nSPS) is 18.1. The summed E-state index contributed by atoms with van der Waals surface area (Å²) in [5, 5.41) is 6.80. The molecule has 2 N–H and O–H groups in total. The Morgan fingerprint density at radius 3 is 2.74 bits per heavy atom. The molecule has 0 aromatic heterocycles. The maximum absolute atomic E-state index is 11.2. The quantitative estimate of drug-likeness (QED) is 0.654. The summed E-state index contributed by atoms with van der Waals surface area (Å²) < 4.78 is 5.51. The Labute approximate surface area is 118 Å². The van der Waals surface area contributed by atoms with E-state index in [1.165, 1.54) is 0 Å². The highest BCUT2D eigenvalue weighted by Gasteiger charge is 2.15. The number of thiocarbonyl (C=S) groups is 1. The molecule has 1 aromatic rings. The Morgan fingerprint density at radius 1 is 1.42 bits per heavy atom. The molecule has 1 saturated heterocycles. The summed E-state index contributed by atoms with van der Waals surface area (Å²) >= 11 is 5.21. The number of ketones is 1. The first-order valence-corrected chi connectivity index (χ1v) is 6.83. The number of rotatable bonds is 4. The molecule has 0 bridgehead atoms. The van der Waals surface area contributed by atoms with Crippen molar-refractivity contribution in [3.63, 3.8) is 0 Å². The summed E-state index contributed by atoms with van der Waals surface area (Å²) in [6.45, 7) is 3.13. The molecule has 1 aromatic carbocycles. The third kappa shape index (κ3) is 4.29. The van der Waals surface area contributed by atoms with Crippen molar-refractivity contribution in [1.82, 2.24) is 5.32 Å². The number of benzene rings is 1. The van der Waals surface area contributed by atoms with Crippen LogP contribution in [0, 0.1) is 0 Å². The highest BCUT2D eigenvalue weighted by Crippen LogP contribution is 2.12. The minimum atomic E-state index is 0.0608. The fourth-order valence-corrected chi connectivity index (χ4v) is 2.18.